The van der Waals surface area contributed by atoms with Crippen molar-refractivity contribution in [2.75, 3.05) is 13.1 Å². The van der Waals surface area contributed by atoms with Gasteiger partial charge in [0.1, 0.15) is 5.75 Å². The molecule has 5 heteroatoms. The van der Waals surface area contributed by atoms with Crippen LogP contribution in [-0.2, 0) is 10.2 Å². The van der Waals surface area contributed by atoms with Crippen LogP contribution in [0.15, 0.2) is 24.3 Å². The summed E-state index contributed by atoms with van der Waals surface area (Å²) in [6.45, 7) is 10.0. The molecule has 1 aromatic rings. The van der Waals surface area contributed by atoms with Crippen LogP contribution >= 0.6 is 12.4 Å². The van der Waals surface area contributed by atoms with Crippen LogP contribution < -0.4 is 15.4 Å². The number of benzene rings is 1. The second kappa shape index (κ2) is 8.55. The van der Waals surface area contributed by atoms with E-state index >= 15 is 0 Å². The quantitative estimate of drug-likeness (QED) is 0.866. The van der Waals surface area contributed by atoms with Gasteiger partial charge in [0, 0.05) is 12.6 Å². The Bertz CT molecular complexity index is 508. The Kier molecular flexibility index (Phi) is 7.36. The fourth-order valence-electron chi connectivity index (χ4n) is 2.59. The maximum atomic E-state index is 12.1. The molecule has 4 nitrogen and oxygen atoms in total. The van der Waals surface area contributed by atoms with E-state index in [4.69, 9.17) is 4.74 Å². The number of hydrogen-bond donors (Lipinski definition) is 2. The van der Waals surface area contributed by atoms with Crippen molar-refractivity contribution in [1.82, 2.24) is 10.6 Å². The molecule has 2 unspecified atom stereocenters. The van der Waals surface area contributed by atoms with Gasteiger partial charge in [-0.2, -0.15) is 0 Å². The molecule has 2 N–H and O–H groups in total. The van der Waals surface area contributed by atoms with Gasteiger partial charge in [0.05, 0.1) is 0 Å². The van der Waals surface area contributed by atoms with Gasteiger partial charge in [-0.15, -0.1) is 12.4 Å². The zero-order valence-electron chi connectivity index (χ0n) is 14.5. The van der Waals surface area contributed by atoms with E-state index in [9.17, 15) is 4.79 Å². The zero-order valence-corrected chi connectivity index (χ0v) is 15.3. The first-order valence-electron chi connectivity index (χ1n) is 8.14. The van der Waals surface area contributed by atoms with E-state index in [1.54, 1.807) is 6.92 Å². The first-order chi connectivity index (χ1) is 10.4. The van der Waals surface area contributed by atoms with Gasteiger partial charge in [-0.25, -0.2) is 0 Å². The summed E-state index contributed by atoms with van der Waals surface area (Å²) in [5.41, 5.74) is 1.27. The van der Waals surface area contributed by atoms with Crippen LogP contribution in [0.5, 0.6) is 5.75 Å². The summed E-state index contributed by atoms with van der Waals surface area (Å²) in [5.74, 6) is 0.684. The van der Waals surface area contributed by atoms with Crippen molar-refractivity contribution < 1.29 is 9.53 Å². The van der Waals surface area contributed by atoms with Crippen molar-refractivity contribution in [2.24, 2.45) is 0 Å². The molecule has 1 aliphatic heterocycles. The lowest BCUT2D eigenvalue weighted by atomic mass is 9.87. The van der Waals surface area contributed by atoms with Crippen molar-refractivity contribution in [3.8, 4) is 5.75 Å². The summed E-state index contributed by atoms with van der Waals surface area (Å²) in [4.78, 5) is 12.1. The largest absolute Gasteiger partial charge is 0.481 e. The minimum absolute atomic E-state index is 0. The van der Waals surface area contributed by atoms with Crippen molar-refractivity contribution >= 4 is 18.3 Å². The second-order valence-electron chi connectivity index (χ2n) is 7.08. The average molecular weight is 341 g/mol. The Labute approximate surface area is 145 Å². The minimum Gasteiger partial charge on any atom is -0.481 e. The average Bonchev–Trinajstić information content (AvgIpc) is 2.97. The number of rotatable bonds is 5. The molecule has 1 fully saturated rings. The Morgan fingerprint density at radius 2 is 2.17 bits per heavy atom. The van der Waals surface area contributed by atoms with Gasteiger partial charge < -0.3 is 15.4 Å². The Balaban J connectivity index is 0.00000264. The summed E-state index contributed by atoms with van der Waals surface area (Å²) >= 11 is 0. The molecule has 0 aromatic heterocycles. The van der Waals surface area contributed by atoms with E-state index in [1.165, 1.54) is 12.0 Å². The van der Waals surface area contributed by atoms with Crippen LogP contribution in [0.4, 0.5) is 0 Å². The lowest BCUT2D eigenvalue weighted by molar-refractivity contribution is -0.127. The van der Waals surface area contributed by atoms with Crippen LogP contribution in [0.1, 0.15) is 46.1 Å². The van der Waals surface area contributed by atoms with Gasteiger partial charge >= 0.3 is 0 Å². The van der Waals surface area contributed by atoms with E-state index in [2.05, 4.69) is 37.5 Å². The van der Waals surface area contributed by atoms with E-state index in [1.807, 2.05) is 18.2 Å². The van der Waals surface area contributed by atoms with Gasteiger partial charge in [0.25, 0.3) is 5.91 Å². The smallest absolute Gasteiger partial charge is 0.260 e. The van der Waals surface area contributed by atoms with Crippen molar-refractivity contribution in [1.29, 1.82) is 0 Å². The predicted octanol–water partition coefficient (Wildman–Crippen LogP) is 3.04. The number of ether oxygens (including phenoxy) is 1. The molecule has 2 rings (SSSR count). The summed E-state index contributed by atoms with van der Waals surface area (Å²) < 4.78 is 5.79. The van der Waals surface area contributed by atoms with E-state index < -0.39 is 6.10 Å². The summed E-state index contributed by atoms with van der Waals surface area (Å²) in [5, 5.41) is 6.33. The van der Waals surface area contributed by atoms with Crippen LogP contribution in [-0.4, -0.2) is 31.1 Å². The highest BCUT2D eigenvalue weighted by Gasteiger charge is 2.19. The van der Waals surface area contributed by atoms with Gasteiger partial charge in [0.15, 0.2) is 6.10 Å². The predicted molar refractivity (Wildman–Crippen MR) is 96.5 cm³/mol. The molecule has 0 radical (unpaired) electrons. The molecule has 1 aliphatic rings. The highest BCUT2D eigenvalue weighted by molar-refractivity contribution is 5.85. The maximum Gasteiger partial charge on any atom is 0.260 e. The van der Waals surface area contributed by atoms with Crippen LogP contribution in [0.3, 0.4) is 0 Å². The zero-order chi connectivity index (χ0) is 16.2. The molecule has 0 spiro atoms. The standard InChI is InChI=1S/C18H28N2O2.ClH/c1-13(17(21)20-12-15-8-6-10-19-15)22-16-9-5-7-14(11-16)18(2,3)4;/h5,7,9,11,13,15,19H,6,8,10,12H2,1-4H3,(H,20,21);1H. The molecule has 23 heavy (non-hydrogen) atoms. The first kappa shape index (κ1) is 19.8. The summed E-state index contributed by atoms with van der Waals surface area (Å²) in [7, 11) is 0. The van der Waals surface area contributed by atoms with Crippen molar-refractivity contribution in [3.63, 3.8) is 0 Å². The summed E-state index contributed by atoms with van der Waals surface area (Å²) in [6, 6.07) is 8.38. The van der Waals surface area contributed by atoms with Gasteiger partial charge in [-0.3, -0.25) is 4.79 Å². The molecular formula is C18H29ClN2O2. The molecule has 0 aliphatic carbocycles. The summed E-state index contributed by atoms with van der Waals surface area (Å²) in [6.07, 6.45) is 1.83. The third kappa shape index (κ3) is 6.04. The SMILES string of the molecule is CC(Oc1cccc(C(C)(C)C)c1)C(=O)NCC1CCCN1.Cl. The number of amides is 1. The highest BCUT2D eigenvalue weighted by atomic mass is 35.5. The third-order valence-corrected chi connectivity index (χ3v) is 4.07. The first-order valence-corrected chi connectivity index (χ1v) is 8.14. The number of halogens is 1. The molecule has 1 amide bonds. The van der Waals surface area contributed by atoms with Crippen molar-refractivity contribution in [3.05, 3.63) is 29.8 Å². The Hall–Kier alpha value is -1.26. The second-order valence-corrected chi connectivity index (χ2v) is 7.08. The Morgan fingerprint density at radius 1 is 1.43 bits per heavy atom. The lowest BCUT2D eigenvalue weighted by Crippen LogP contribution is -2.42. The monoisotopic (exact) mass is 340 g/mol. The van der Waals surface area contributed by atoms with E-state index in [0.29, 0.717) is 12.6 Å². The van der Waals surface area contributed by atoms with Crippen LogP contribution in [0, 0.1) is 0 Å². The molecule has 1 saturated heterocycles. The van der Waals surface area contributed by atoms with Gasteiger partial charge in [0.2, 0.25) is 0 Å². The maximum absolute atomic E-state index is 12.1. The molecule has 130 valence electrons. The normalized spacial score (nSPS) is 18.9. The fraction of sp³-hybridized carbons (Fsp3) is 0.611. The van der Waals surface area contributed by atoms with Crippen LogP contribution in [0.2, 0.25) is 0 Å². The molecule has 0 bridgehead atoms. The topological polar surface area (TPSA) is 50.4 Å². The van der Waals surface area contributed by atoms with Gasteiger partial charge in [-0.1, -0.05) is 32.9 Å². The number of hydrogen-bond acceptors (Lipinski definition) is 3. The molecule has 1 heterocycles. The third-order valence-electron chi connectivity index (χ3n) is 4.07. The number of carbonyl (C=O) groups excluding carboxylic acids is 1. The number of nitrogens with one attached hydrogen (secondary N) is 2. The highest BCUT2D eigenvalue weighted by Crippen LogP contribution is 2.26. The van der Waals surface area contributed by atoms with Gasteiger partial charge in [-0.05, 0) is 49.4 Å². The van der Waals surface area contributed by atoms with E-state index in [0.717, 1.165) is 18.7 Å². The lowest BCUT2D eigenvalue weighted by Gasteiger charge is -2.21. The van der Waals surface area contributed by atoms with Crippen LogP contribution in [0.25, 0.3) is 0 Å². The molecular weight excluding hydrogens is 312 g/mol. The molecule has 2 atom stereocenters. The number of carbonyl (C=O) groups is 1. The van der Waals surface area contributed by atoms with Crippen molar-refractivity contribution in [2.45, 2.75) is 58.1 Å². The minimum atomic E-state index is -0.489. The fourth-order valence-corrected chi connectivity index (χ4v) is 2.59. The molecule has 1 aromatic carbocycles. The van der Waals surface area contributed by atoms with E-state index in [-0.39, 0.29) is 23.7 Å². The molecule has 0 saturated carbocycles. The Morgan fingerprint density at radius 3 is 2.78 bits per heavy atom.